The molecule has 0 aliphatic carbocycles. The molecule has 0 unspecified atom stereocenters. The fourth-order valence-corrected chi connectivity index (χ4v) is 3.72. The van der Waals surface area contributed by atoms with Crippen molar-refractivity contribution in [2.75, 3.05) is 17.7 Å². The summed E-state index contributed by atoms with van der Waals surface area (Å²) in [6.07, 6.45) is -3.66. The molecule has 0 radical (unpaired) electrons. The molecule has 0 amide bonds. The Balaban J connectivity index is 1.67. The first-order chi connectivity index (χ1) is 13.9. The summed E-state index contributed by atoms with van der Waals surface area (Å²) >= 11 is 0. The number of para-hydroxylation sites is 1. The number of nitrogens with one attached hydrogen (secondary N) is 2. The van der Waals surface area contributed by atoms with Gasteiger partial charge < -0.3 is 15.4 Å². The first-order valence-corrected chi connectivity index (χ1v) is 9.36. The molecule has 2 atom stereocenters. The molecule has 0 spiro atoms. The molecule has 4 rings (SSSR count). The Bertz CT molecular complexity index is 961. The first kappa shape index (κ1) is 19.2. The van der Waals surface area contributed by atoms with Crippen molar-refractivity contribution < 1.29 is 17.9 Å². The van der Waals surface area contributed by atoms with Crippen LogP contribution in [-0.4, -0.2) is 13.2 Å². The summed E-state index contributed by atoms with van der Waals surface area (Å²) in [6.45, 7) is 0. The van der Waals surface area contributed by atoms with Gasteiger partial charge >= 0.3 is 6.18 Å². The van der Waals surface area contributed by atoms with Gasteiger partial charge in [-0.15, -0.1) is 0 Å². The second-order valence-corrected chi connectivity index (χ2v) is 7.09. The number of rotatable bonds is 5. The van der Waals surface area contributed by atoms with Gasteiger partial charge in [-0.05, 0) is 60.0 Å². The Kier molecular flexibility index (Phi) is 5.09. The number of ether oxygens (including phenoxy) is 1. The second kappa shape index (κ2) is 7.70. The lowest BCUT2D eigenvalue weighted by molar-refractivity contribution is -0.137. The number of alkyl halides is 3. The van der Waals surface area contributed by atoms with Gasteiger partial charge in [0.15, 0.2) is 0 Å². The van der Waals surface area contributed by atoms with Crippen molar-refractivity contribution in [1.29, 1.82) is 0 Å². The summed E-state index contributed by atoms with van der Waals surface area (Å²) in [5.41, 5.74) is 2.93. The normalized spacial score (nSPS) is 16.6. The molecule has 1 aliphatic rings. The highest BCUT2D eigenvalue weighted by Gasteiger charge is 2.33. The van der Waals surface area contributed by atoms with Crippen LogP contribution >= 0.6 is 0 Å². The Morgan fingerprint density at radius 1 is 1.00 bits per heavy atom. The summed E-state index contributed by atoms with van der Waals surface area (Å²) in [5.74, 6) is 0.720. The Morgan fingerprint density at radius 3 is 2.45 bits per heavy atom. The van der Waals surface area contributed by atoms with Crippen LogP contribution in [0.2, 0.25) is 0 Å². The summed E-state index contributed by atoms with van der Waals surface area (Å²) in [5, 5.41) is 6.88. The average Bonchev–Trinajstić information content (AvgIpc) is 3.16. The van der Waals surface area contributed by atoms with Crippen LogP contribution in [0.5, 0.6) is 5.75 Å². The van der Waals surface area contributed by atoms with E-state index in [1.807, 2.05) is 48.5 Å². The molecule has 3 aromatic carbocycles. The number of methoxy groups -OCH3 is 1. The third-order valence-corrected chi connectivity index (χ3v) is 5.19. The Hall–Kier alpha value is -3.15. The SMILES string of the molecule is COc1ccc(N[C@H](c2cccc(C(F)(F)F)c2)[C@@H]2Cc3ccccc3N2)cc1. The van der Waals surface area contributed by atoms with Gasteiger partial charge in [-0.2, -0.15) is 13.2 Å². The van der Waals surface area contributed by atoms with Gasteiger partial charge in [0.05, 0.1) is 24.8 Å². The molecule has 1 heterocycles. The van der Waals surface area contributed by atoms with Gasteiger partial charge in [-0.3, -0.25) is 0 Å². The monoisotopic (exact) mass is 398 g/mol. The molecule has 150 valence electrons. The van der Waals surface area contributed by atoms with Crippen LogP contribution in [0.3, 0.4) is 0 Å². The van der Waals surface area contributed by atoms with Crippen molar-refractivity contribution in [1.82, 2.24) is 0 Å². The molecule has 3 nitrogen and oxygen atoms in total. The van der Waals surface area contributed by atoms with E-state index in [1.165, 1.54) is 12.1 Å². The van der Waals surface area contributed by atoms with E-state index in [0.717, 1.165) is 35.2 Å². The highest BCUT2D eigenvalue weighted by Crippen LogP contribution is 2.36. The molecule has 0 saturated heterocycles. The number of hydrogen-bond donors (Lipinski definition) is 2. The van der Waals surface area contributed by atoms with Crippen LogP contribution in [-0.2, 0) is 12.6 Å². The maximum atomic E-state index is 13.3. The molecule has 0 aromatic heterocycles. The van der Waals surface area contributed by atoms with Crippen molar-refractivity contribution >= 4 is 11.4 Å². The fraction of sp³-hybridized carbons (Fsp3) is 0.217. The lowest BCUT2D eigenvalue weighted by Gasteiger charge is -2.27. The zero-order valence-electron chi connectivity index (χ0n) is 15.8. The van der Waals surface area contributed by atoms with E-state index in [9.17, 15) is 13.2 Å². The minimum Gasteiger partial charge on any atom is -0.497 e. The van der Waals surface area contributed by atoms with E-state index in [-0.39, 0.29) is 12.1 Å². The third kappa shape index (κ3) is 4.16. The minimum atomic E-state index is -4.38. The first-order valence-electron chi connectivity index (χ1n) is 9.36. The molecule has 0 bridgehead atoms. The van der Waals surface area contributed by atoms with Crippen LogP contribution in [0, 0.1) is 0 Å². The van der Waals surface area contributed by atoms with Crippen molar-refractivity contribution in [3.8, 4) is 5.75 Å². The van der Waals surface area contributed by atoms with E-state index in [2.05, 4.69) is 10.6 Å². The molecular weight excluding hydrogens is 377 g/mol. The largest absolute Gasteiger partial charge is 0.497 e. The molecule has 6 heteroatoms. The lowest BCUT2D eigenvalue weighted by Crippen LogP contribution is -2.31. The fourth-order valence-electron chi connectivity index (χ4n) is 3.72. The molecule has 1 aliphatic heterocycles. The molecule has 0 saturated carbocycles. The van der Waals surface area contributed by atoms with Crippen molar-refractivity contribution in [3.05, 3.63) is 89.5 Å². The molecule has 3 aromatic rings. The van der Waals surface area contributed by atoms with E-state index < -0.39 is 11.7 Å². The van der Waals surface area contributed by atoms with E-state index in [0.29, 0.717) is 5.56 Å². The summed E-state index contributed by atoms with van der Waals surface area (Å²) in [4.78, 5) is 0. The zero-order valence-corrected chi connectivity index (χ0v) is 15.8. The number of hydrogen-bond acceptors (Lipinski definition) is 3. The Labute approximate surface area is 167 Å². The highest BCUT2D eigenvalue weighted by atomic mass is 19.4. The van der Waals surface area contributed by atoms with Crippen LogP contribution in [0.4, 0.5) is 24.5 Å². The van der Waals surface area contributed by atoms with Crippen LogP contribution in [0.1, 0.15) is 22.7 Å². The topological polar surface area (TPSA) is 33.3 Å². The number of fused-ring (bicyclic) bond motifs is 1. The molecule has 0 fully saturated rings. The zero-order chi connectivity index (χ0) is 20.4. The van der Waals surface area contributed by atoms with Gasteiger partial charge in [-0.1, -0.05) is 30.3 Å². The molecule has 2 N–H and O–H groups in total. The summed E-state index contributed by atoms with van der Waals surface area (Å²) in [7, 11) is 1.59. The lowest BCUT2D eigenvalue weighted by atomic mass is 9.94. The van der Waals surface area contributed by atoms with Crippen molar-refractivity contribution in [2.24, 2.45) is 0 Å². The second-order valence-electron chi connectivity index (χ2n) is 7.09. The number of halogens is 3. The minimum absolute atomic E-state index is 0.0852. The van der Waals surface area contributed by atoms with E-state index >= 15 is 0 Å². The highest BCUT2D eigenvalue weighted by molar-refractivity contribution is 5.59. The summed E-state index contributed by atoms with van der Waals surface area (Å²) in [6, 6.07) is 20.4. The standard InChI is InChI=1S/C23H21F3N2O/c1-29-19-11-9-18(10-12-19)27-22(16-6-4-7-17(13-16)23(24,25)26)21-14-15-5-2-3-8-20(15)28-21/h2-13,21-22,27-28H,14H2,1H3/t21-,22+/m0/s1. The quantitative estimate of drug-likeness (QED) is 0.561. The number of benzene rings is 3. The average molecular weight is 398 g/mol. The third-order valence-electron chi connectivity index (χ3n) is 5.19. The molecule has 29 heavy (non-hydrogen) atoms. The van der Waals surface area contributed by atoms with E-state index in [4.69, 9.17) is 4.74 Å². The van der Waals surface area contributed by atoms with Crippen molar-refractivity contribution in [2.45, 2.75) is 24.7 Å². The predicted octanol–water partition coefficient (Wildman–Crippen LogP) is 5.90. The molecular formula is C23H21F3N2O. The van der Waals surface area contributed by atoms with E-state index in [1.54, 1.807) is 13.2 Å². The van der Waals surface area contributed by atoms with Gasteiger partial charge in [-0.25, -0.2) is 0 Å². The van der Waals surface area contributed by atoms with Gasteiger partial charge in [0.1, 0.15) is 5.75 Å². The van der Waals surface area contributed by atoms with Gasteiger partial charge in [0, 0.05) is 11.4 Å². The maximum Gasteiger partial charge on any atom is 0.416 e. The number of anilines is 2. The maximum absolute atomic E-state index is 13.3. The van der Waals surface area contributed by atoms with Gasteiger partial charge in [0.25, 0.3) is 0 Å². The van der Waals surface area contributed by atoms with Crippen LogP contribution < -0.4 is 15.4 Å². The summed E-state index contributed by atoms with van der Waals surface area (Å²) < 4.78 is 45.0. The smallest absolute Gasteiger partial charge is 0.416 e. The van der Waals surface area contributed by atoms with Crippen molar-refractivity contribution in [3.63, 3.8) is 0 Å². The predicted molar refractivity (Wildman–Crippen MR) is 108 cm³/mol. The van der Waals surface area contributed by atoms with Gasteiger partial charge in [0.2, 0.25) is 0 Å². The Morgan fingerprint density at radius 2 is 1.76 bits per heavy atom. The van der Waals surface area contributed by atoms with Crippen LogP contribution in [0.15, 0.2) is 72.8 Å². The van der Waals surface area contributed by atoms with Crippen LogP contribution in [0.25, 0.3) is 0 Å².